The molecule has 170 valence electrons. The predicted octanol–water partition coefficient (Wildman–Crippen LogP) is 5.32. The van der Waals surface area contributed by atoms with E-state index in [9.17, 15) is 4.79 Å². The first-order chi connectivity index (χ1) is 16.7. The Balaban J connectivity index is 1.16. The monoisotopic (exact) mass is 448 g/mol. The Hall–Kier alpha value is -3.73. The molecule has 0 unspecified atom stereocenters. The number of aromatic nitrogens is 2. The summed E-state index contributed by atoms with van der Waals surface area (Å²) in [6.45, 7) is 3.18. The third-order valence-electron chi connectivity index (χ3n) is 7.54. The topological polar surface area (TPSA) is 49.3 Å². The lowest BCUT2D eigenvalue weighted by molar-refractivity contribution is -0.137. The van der Waals surface area contributed by atoms with Gasteiger partial charge in [-0.1, -0.05) is 66.7 Å². The molecule has 0 bridgehead atoms. The zero-order valence-corrected chi connectivity index (χ0v) is 19.2. The molecule has 3 aromatic carbocycles. The third kappa shape index (κ3) is 3.71. The van der Waals surface area contributed by atoms with Crippen LogP contribution in [0.1, 0.15) is 24.8 Å². The fourth-order valence-electron chi connectivity index (χ4n) is 5.53. The first-order valence-electron chi connectivity index (χ1n) is 12.1. The maximum absolute atomic E-state index is 13.6. The molecule has 1 spiro atoms. The molecule has 5 nitrogen and oxygen atoms in total. The van der Waals surface area contributed by atoms with Crippen LogP contribution in [-0.4, -0.2) is 40.4 Å². The zero-order valence-electron chi connectivity index (χ0n) is 19.2. The van der Waals surface area contributed by atoms with Crippen LogP contribution in [0.3, 0.4) is 0 Å². The minimum Gasteiger partial charge on any atom is -0.355 e. The molecule has 0 radical (unpaired) electrons. The van der Waals surface area contributed by atoms with Crippen molar-refractivity contribution in [2.24, 2.45) is 5.41 Å². The minimum atomic E-state index is -0.234. The molecule has 6 rings (SSSR count). The van der Waals surface area contributed by atoms with Gasteiger partial charge in [-0.15, -0.1) is 0 Å². The Bertz CT molecular complexity index is 1330. The maximum atomic E-state index is 13.6. The minimum absolute atomic E-state index is 0.234. The maximum Gasteiger partial charge on any atom is 0.229 e. The van der Waals surface area contributed by atoms with Gasteiger partial charge in [0.2, 0.25) is 5.91 Å². The van der Waals surface area contributed by atoms with Gasteiger partial charge in [-0.05, 0) is 48.1 Å². The van der Waals surface area contributed by atoms with Crippen molar-refractivity contribution in [3.8, 4) is 11.1 Å². The highest BCUT2D eigenvalue weighted by Gasteiger charge is 2.48. The first-order valence-corrected chi connectivity index (χ1v) is 12.1. The van der Waals surface area contributed by atoms with Crippen molar-refractivity contribution in [1.29, 1.82) is 0 Å². The number of likely N-dealkylation sites (tertiary alicyclic amines) is 1. The molecular weight excluding hydrogens is 420 g/mol. The number of piperidine rings is 1. The van der Waals surface area contributed by atoms with E-state index >= 15 is 0 Å². The summed E-state index contributed by atoms with van der Waals surface area (Å²) in [4.78, 5) is 27.4. The molecule has 34 heavy (non-hydrogen) atoms. The molecule has 0 N–H and O–H groups in total. The molecule has 4 aromatic rings. The highest BCUT2D eigenvalue weighted by atomic mass is 16.2. The smallest absolute Gasteiger partial charge is 0.229 e. The van der Waals surface area contributed by atoms with E-state index in [1.54, 1.807) is 0 Å². The number of carbonyl (C=O) groups is 1. The van der Waals surface area contributed by atoms with Gasteiger partial charge in [-0.3, -0.25) is 9.78 Å². The fourth-order valence-corrected chi connectivity index (χ4v) is 5.53. The Morgan fingerprint density at radius 1 is 0.765 bits per heavy atom. The molecule has 1 amide bonds. The number of rotatable bonds is 4. The fraction of sp³-hybridized carbons (Fsp3) is 0.276. The molecule has 5 heteroatoms. The van der Waals surface area contributed by atoms with Crippen molar-refractivity contribution in [1.82, 2.24) is 14.9 Å². The summed E-state index contributed by atoms with van der Waals surface area (Å²) in [5, 5.41) is 0. The molecule has 2 fully saturated rings. The number of para-hydroxylation sites is 2. The normalized spacial score (nSPS) is 17.6. The van der Waals surface area contributed by atoms with Crippen molar-refractivity contribution in [2.45, 2.75) is 25.8 Å². The van der Waals surface area contributed by atoms with Gasteiger partial charge in [0.1, 0.15) is 5.82 Å². The zero-order chi connectivity index (χ0) is 23.0. The summed E-state index contributed by atoms with van der Waals surface area (Å²) in [6, 6.07) is 26.9. The average Bonchev–Trinajstić information content (AvgIpc) is 3.19. The van der Waals surface area contributed by atoms with Gasteiger partial charge in [-0.25, -0.2) is 4.98 Å². The van der Waals surface area contributed by atoms with Crippen LogP contribution in [0.2, 0.25) is 0 Å². The number of anilines is 1. The summed E-state index contributed by atoms with van der Waals surface area (Å²) in [6.07, 6.45) is 4.55. The molecule has 2 saturated heterocycles. The lowest BCUT2D eigenvalue weighted by Crippen LogP contribution is -2.45. The molecule has 2 aliphatic rings. The van der Waals surface area contributed by atoms with E-state index in [0.29, 0.717) is 12.5 Å². The summed E-state index contributed by atoms with van der Waals surface area (Å²) in [5.41, 5.74) is 5.22. The van der Waals surface area contributed by atoms with Gasteiger partial charge in [0.05, 0.1) is 22.6 Å². The van der Waals surface area contributed by atoms with Crippen LogP contribution in [0.25, 0.3) is 22.2 Å². The van der Waals surface area contributed by atoms with Crippen molar-refractivity contribution in [3.63, 3.8) is 0 Å². The third-order valence-corrected chi connectivity index (χ3v) is 7.54. The van der Waals surface area contributed by atoms with Crippen LogP contribution in [0.15, 0.2) is 85.1 Å². The number of benzene rings is 3. The summed E-state index contributed by atoms with van der Waals surface area (Å²) in [7, 11) is 0. The Morgan fingerprint density at radius 2 is 1.44 bits per heavy atom. The Kier molecular flexibility index (Phi) is 5.25. The highest BCUT2D eigenvalue weighted by Crippen LogP contribution is 2.43. The van der Waals surface area contributed by atoms with Crippen LogP contribution in [0.4, 0.5) is 5.82 Å². The van der Waals surface area contributed by atoms with Crippen molar-refractivity contribution >= 4 is 22.8 Å². The van der Waals surface area contributed by atoms with Crippen LogP contribution in [-0.2, 0) is 11.3 Å². The van der Waals surface area contributed by atoms with E-state index in [0.717, 1.165) is 55.7 Å². The quantitative estimate of drug-likeness (QED) is 0.424. The summed E-state index contributed by atoms with van der Waals surface area (Å²) < 4.78 is 0. The second-order valence-corrected chi connectivity index (χ2v) is 9.48. The van der Waals surface area contributed by atoms with Gasteiger partial charge < -0.3 is 9.80 Å². The molecule has 3 heterocycles. The Morgan fingerprint density at radius 3 is 2.26 bits per heavy atom. The van der Waals surface area contributed by atoms with E-state index in [-0.39, 0.29) is 5.41 Å². The molecule has 1 aromatic heterocycles. The average molecular weight is 449 g/mol. The van der Waals surface area contributed by atoms with E-state index < -0.39 is 0 Å². The molecule has 0 atom stereocenters. The molecule has 2 aliphatic heterocycles. The number of amides is 1. The van der Waals surface area contributed by atoms with Crippen LogP contribution in [0, 0.1) is 5.41 Å². The van der Waals surface area contributed by atoms with Gasteiger partial charge in [0.25, 0.3) is 0 Å². The van der Waals surface area contributed by atoms with Gasteiger partial charge in [-0.2, -0.15) is 0 Å². The van der Waals surface area contributed by atoms with E-state index in [1.165, 1.54) is 16.7 Å². The second-order valence-electron chi connectivity index (χ2n) is 9.48. The predicted molar refractivity (Wildman–Crippen MR) is 135 cm³/mol. The largest absolute Gasteiger partial charge is 0.355 e. The SMILES string of the molecule is O=C1N(Cc2ccccc2-c2ccccc2)CCC12CCN(c1cnc3ccccc3n1)CC2. The number of hydrogen-bond acceptors (Lipinski definition) is 4. The van der Waals surface area contributed by atoms with Gasteiger partial charge in [0, 0.05) is 26.2 Å². The number of hydrogen-bond donors (Lipinski definition) is 0. The molecule has 0 aliphatic carbocycles. The van der Waals surface area contributed by atoms with Gasteiger partial charge in [0.15, 0.2) is 0 Å². The molecule has 0 saturated carbocycles. The highest BCUT2D eigenvalue weighted by molar-refractivity contribution is 5.85. The van der Waals surface area contributed by atoms with Crippen molar-refractivity contribution in [3.05, 3.63) is 90.6 Å². The standard InChI is InChI=1S/C29H28N4O/c34-28-29(14-17-32(18-15-29)27-20-30-25-12-6-7-13-26(25)31-27)16-19-33(28)21-23-10-4-5-11-24(23)22-8-2-1-3-9-22/h1-13,20H,14-19,21H2. The molecular formula is C29H28N4O. The van der Waals surface area contributed by atoms with E-state index in [4.69, 9.17) is 4.98 Å². The number of nitrogens with zero attached hydrogens (tertiary/aromatic N) is 4. The summed E-state index contributed by atoms with van der Waals surface area (Å²) in [5.74, 6) is 1.23. The van der Waals surface area contributed by atoms with E-state index in [1.807, 2.05) is 36.5 Å². The van der Waals surface area contributed by atoms with Crippen LogP contribution >= 0.6 is 0 Å². The van der Waals surface area contributed by atoms with Crippen molar-refractivity contribution < 1.29 is 4.79 Å². The number of fused-ring (bicyclic) bond motifs is 1. The van der Waals surface area contributed by atoms with Crippen LogP contribution < -0.4 is 4.90 Å². The second kappa shape index (κ2) is 8.56. The van der Waals surface area contributed by atoms with Gasteiger partial charge >= 0.3 is 0 Å². The van der Waals surface area contributed by atoms with Crippen LogP contribution in [0.5, 0.6) is 0 Å². The number of carbonyl (C=O) groups excluding carboxylic acids is 1. The van der Waals surface area contributed by atoms with E-state index in [2.05, 4.69) is 63.3 Å². The first kappa shape index (κ1) is 20.8. The lowest BCUT2D eigenvalue weighted by atomic mass is 9.77. The summed E-state index contributed by atoms with van der Waals surface area (Å²) >= 11 is 0. The van der Waals surface area contributed by atoms with Crippen molar-refractivity contribution in [2.75, 3.05) is 24.5 Å². The Labute approximate surface area is 200 Å². The lowest BCUT2D eigenvalue weighted by Gasteiger charge is -2.38.